The third kappa shape index (κ3) is 7.99. The van der Waals surface area contributed by atoms with Crippen LogP contribution in [-0.2, 0) is 38.8 Å². The van der Waals surface area contributed by atoms with E-state index < -0.39 is 9.84 Å². The number of rotatable bonds is 7. The maximum absolute atomic E-state index is 13.6. The Labute approximate surface area is 275 Å². The van der Waals surface area contributed by atoms with Gasteiger partial charge >= 0.3 is 0 Å². The van der Waals surface area contributed by atoms with E-state index in [4.69, 9.17) is 9.47 Å². The van der Waals surface area contributed by atoms with Gasteiger partial charge in [-0.05, 0) is 77.9 Å². The maximum atomic E-state index is 13.6. The molecular weight excluding hydrogens is 618 g/mol. The molecule has 12 heteroatoms. The van der Waals surface area contributed by atoms with Gasteiger partial charge in [0.2, 0.25) is 11.8 Å². The highest BCUT2D eigenvalue weighted by Gasteiger charge is 2.32. The Balaban J connectivity index is 1.19. The van der Waals surface area contributed by atoms with Crippen molar-refractivity contribution >= 4 is 21.7 Å². The molecule has 11 nitrogen and oxygen atoms in total. The predicted molar refractivity (Wildman–Crippen MR) is 175 cm³/mol. The van der Waals surface area contributed by atoms with Crippen LogP contribution in [-0.4, -0.2) is 83.9 Å². The monoisotopic (exact) mass is 657 g/mol. The summed E-state index contributed by atoms with van der Waals surface area (Å²) in [5, 5.41) is 4.14. The van der Waals surface area contributed by atoms with Gasteiger partial charge in [0.1, 0.15) is 30.8 Å². The number of ether oxygens (including phenoxy) is 2. The molecule has 47 heavy (non-hydrogen) atoms. The fraction of sp³-hybridized carbons (Fsp3) is 0.371. The number of amides is 2. The normalized spacial score (nSPS) is 16.7. The third-order valence-electron chi connectivity index (χ3n) is 8.61. The highest BCUT2D eigenvalue weighted by Crippen LogP contribution is 2.38. The van der Waals surface area contributed by atoms with Gasteiger partial charge in [0.15, 0.2) is 9.84 Å². The first-order valence-corrected chi connectivity index (χ1v) is 17.8. The molecule has 0 radical (unpaired) electrons. The smallest absolute Gasteiger partial charge is 0.227 e. The summed E-state index contributed by atoms with van der Waals surface area (Å²) in [6, 6.07) is 20.2. The van der Waals surface area contributed by atoms with Crippen LogP contribution in [0.2, 0.25) is 0 Å². The van der Waals surface area contributed by atoms with E-state index in [2.05, 4.69) is 16.1 Å². The summed E-state index contributed by atoms with van der Waals surface area (Å²) in [7, 11) is -3.31. The lowest BCUT2D eigenvalue weighted by atomic mass is 9.87. The van der Waals surface area contributed by atoms with E-state index in [1.807, 2.05) is 41.3 Å². The maximum Gasteiger partial charge on any atom is 0.227 e. The quantitative estimate of drug-likeness (QED) is 0.294. The summed E-state index contributed by atoms with van der Waals surface area (Å²) < 4.78 is 37.7. The molecule has 6 bridgehead atoms. The number of sulfone groups is 1. The van der Waals surface area contributed by atoms with Crippen LogP contribution in [0.15, 0.2) is 84.3 Å². The van der Waals surface area contributed by atoms with E-state index in [1.54, 1.807) is 28.0 Å². The summed E-state index contributed by atoms with van der Waals surface area (Å²) in [5.74, 6) is 1.47. The molecule has 1 aromatic heterocycles. The lowest BCUT2D eigenvalue weighted by molar-refractivity contribution is -0.133. The molecule has 4 aromatic rings. The van der Waals surface area contributed by atoms with E-state index in [0.29, 0.717) is 70.8 Å². The molecule has 0 aliphatic carbocycles. The van der Waals surface area contributed by atoms with Crippen molar-refractivity contribution in [3.63, 3.8) is 0 Å². The van der Waals surface area contributed by atoms with Gasteiger partial charge in [0.25, 0.3) is 0 Å². The summed E-state index contributed by atoms with van der Waals surface area (Å²) in [5.41, 5.74) is 3.92. The van der Waals surface area contributed by atoms with Crippen LogP contribution in [0.3, 0.4) is 0 Å². The standard InChI is InChI=1S/C35H39N5O6S/c1-47(43,44)31-11-8-26(9-12-31)21-34(42)38-15-4-19-45-29-6-2-5-28(23-29)35-32-13-10-30(46-20-18-38)22-27(32)14-17-40(35)33(41)7-3-16-39-25-36-24-37-39/h2,5-6,8-13,22-25,35H,3-4,7,14-21H2,1H3. The van der Waals surface area contributed by atoms with Gasteiger partial charge in [0.05, 0.1) is 30.5 Å². The number of nitrogens with zero attached hydrogens (tertiary/aromatic N) is 5. The molecule has 3 aliphatic heterocycles. The molecule has 0 saturated carbocycles. The van der Waals surface area contributed by atoms with Crippen molar-refractivity contribution in [2.75, 3.05) is 39.1 Å². The summed E-state index contributed by atoms with van der Waals surface area (Å²) in [4.78, 5) is 35.0. The number of carbonyl (C=O) groups excluding carboxylic acids is 2. The highest BCUT2D eigenvalue weighted by atomic mass is 32.2. The van der Waals surface area contributed by atoms with Crippen LogP contribution >= 0.6 is 0 Å². The first-order valence-electron chi connectivity index (χ1n) is 15.9. The Hall–Kier alpha value is -4.71. The van der Waals surface area contributed by atoms with Gasteiger partial charge in [-0.2, -0.15) is 5.10 Å². The first kappa shape index (κ1) is 32.2. The number of hydrogen-bond acceptors (Lipinski definition) is 8. The molecule has 3 aromatic carbocycles. The van der Waals surface area contributed by atoms with Crippen LogP contribution in [0.1, 0.15) is 47.6 Å². The lowest BCUT2D eigenvalue weighted by Gasteiger charge is -2.38. The topological polar surface area (TPSA) is 124 Å². The third-order valence-corrected chi connectivity index (χ3v) is 9.74. The number of aromatic nitrogens is 3. The van der Waals surface area contributed by atoms with Crippen molar-refractivity contribution in [1.82, 2.24) is 24.6 Å². The van der Waals surface area contributed by atoms with Gasteiger partial charge in [-0.25, -0.2) is 13.4 Å². The van der Waals surface area contributed by atoms with E-state index in [0.717, 1.165) is 34.3 Å². The van der Waals surface area contributed by atoms with E-state index in [-0.39, 0.29) is 29.2 Å². The Morgan fingerprint density at radius 3 is 2.51 bits per heavy atom. The molecule has 0 saturated heterocycles. The summed E-state index contributed by atoms with van der Waals surface area (Å²) in [6.07, 6.45) is 6.87. The first-order chi connectivity index (χ1) is 22.7. The van der Waals surface area contributed by atoms with Crippen LogP contribution in [0.5, 0.6) is 11.5 Å². The van der Waals surface area contributed by atoms with Crippen LogP contribution < -0.4 is 9.47 Å². The average Bonchev–Trinajstić information content (AvgIpc) is 3.58. The molecule has 4 heterocycles. The van der Waals surface area contributed by atoms with Crippen molar-refractivity contribution in [3.8, 4) is 11.5 Å². The molecule has 0 N–H and O–H groups in total. The van der Waals surface area contributed by atoms with Gasteiger partial charge < -0.3 is 19.3 Å². The number of carbonyl (C=O) groups is 2. The van der Waals surface area contributed by atoms with Crippen LogP contribution in [0, 0.1) is 0 Å². The van der Waals surface area contributed by atoms with Crippen molar-refractivity contribution in [3.05, 3.63) is 102 Å². The molecule has 7 rings (SSSR count). The van der Waals surface area contributed by atoms with E-state index >= 15 is 0 Å². The number of fused-ring (bicyclic) bond motifs is 8. The lowest BCUT2D eigenvalue weighted by Crippen LogP contribution is -2.40. The molecule has 0 fully saturated rings. The Bertz CT molecular complexity index is 1810. The minimum atomic E-state index is -3.31. The largest absolute Gasteiger partial charge is 0.494 e. The molecule has 2 amide bonds. The summed E-state index contributed by atoms with van der Waals surface area (Å²) in [6.45, 7) is 2.82. The van der Waals surface area contributed by atoms with Gasteiger partial charge in [-0.1, -0.05) is 30.3 Å². The average molecular weight is 658 g/mol. The van der Waals surface area contributed by atoms with Crippen molar-refractivity contribution in [1.29, 1.82) is 0 Å². The fourth-order valence-electron chi connectivity index (χ4n) is 6.20. The number of hydrogen-bond donors (Lipinski definition) is 0. The minimum Gasteiger partial charge on any atom is -0.494 e. The van der Waals surface area contributed by atoms with Crippen molar-refractivity contribution in [2.45, 2.75) is 49.6 Å². The molecule has 246 valence electrons. The van der Waals surface area contributed by atoms with Gasteiger partial charge in [0, 0.05) is 32.3 Å². The SMILES string of the molecule is CS(=O)(=O)c1ccc(CC(=O)N2CCCOc3cccc(c3)C3c4ccc(cc4CCN3C(=O)CCCn3cncn3)OCC2)cc1. The molecular formula is C35H39N5O6S. The zero-order valence-electron chi connectivity index (χ0n) is 26.5. The second-order valence-electron chi connectivity index (χ2n) is 12.0. The van der Waals surface area contributed by atoms with Gasteiger partial charge in [-0.3, -0.25) is 14.3 Å². The Morgan fingerprint density at radius 1 is 0.915 bits per heavy atom. The van der Waals surface area contributed by atoms with Crippen molar-refractivity contribution in [2.24, 2.45) is 0 Å². The second kappa shape index (κ2) is 14.4. The van der Waals surface area contributed by atoms with Crippen molar-refractivity contribution < 1.29 is 27.5 Å². The number of aryl methyl sites for hydroxylation is 1. The zero-order chi connectivity index (χ0) is 32.8. The molecule has 3 aliphatic rings. The molecule has 1 atom stereocenters. The van der Waals surface area contributed by atoms with E-state index in [1.165, 1.54) is 18.5 Å². The van der Waals surface area contributed by atoms with Crippen LogP contribution in [0.25, 0.3) is 0 Å². The van der Waals surface area contributed by atoms with Gasteiger partial charge in [-0.15, -0.1) is 0 Å². The molecule has 1 unspecified atom stereocenters. The second-order valence-corrected chi connectivity index (χ2v) is 14.0. The van der Waals surface area contributed by atoms with E-state index in [9.17, 15) is 18.0 Å². The highest BCUT2D eigenvalue weighted by molar-refractivity contribution is 7.90. The summed E-state index contributed by atoms with van der Waals surface area (Å²) >= 11 is 0. The predicted octanol–water partition coefficient (Wildman–Crippen LogP) is 3.87. The number of benzene rings is 3. The van der Waals surface area contributed by atoms with Crippen LogP contribution in [0.4, 0.5) is 0 Å². The minimum absolute atomic E-state index is 0.0665. The fourth-order valence-corrected chi connectivity index (χ4v) is 6.83. The Kier molecular flexibility index (Phi) is 9.86. The molecule has 0 spiro atoms. The zero-order valence-corrected chi connectivity index (χ0v) is 27.3. The Morgan fingerprint density at radius 2 is 1.72 bits per heavy atom.